The smallest absolute Gasteiger partial charge is 0.320 e. The van der Waals surface area contributed by atoms with Crippen LogP contribution in [0.2, 0.25) is 0 Å². The van der Waals surface area contributed by atoms with Gasteiger partial charge in [-0.05, 0) is 37.5 Å². The number of hydrogen-bond donors (Lipinski definition) is 0. The number of carbonyl (C=O) groups is 1. The molecule has 2 rings (SSSR count). The summed E-state index contributed by atoms with van der Waals surface area (Å²) in [7, 11) is 0. The highest BCUT2D eigenvalue weighted by Crippen LogP contribution is 2.28. The van der Waals surface area contributed by atoms with Gasteiger partial charge in [-0.15, -0.1) is 0 Å². The van der Waals surface area contributed by atoms with Gasteiger partial charge in [-0.1, -0.05) is 12.1 Å². The van der Waals surface area contributed by atoms with Crippen LogP contribution in [-0.4, -0.2) is 30.1 Å². The van der Waals surface area contributed by atoms with Crippen LogP contribution in [0, 0.1) is 11.3 Å². The quantitative estimate of drug-likeness (QED) is 0.733. The van der Waals surface area contributed by atoms with Gasteiger partial charge in [-0.25, -0.2) is 0 Å². The highest BCUT2D eigenvalue weighted by atomic mass is 16.5. The van der Waals surface area contributed by atoms with Crippen LogP contribution in [0.3, 0.4) is 0 Å². The van der Waals surface area contributed by atoms with Gasteiger partial charge in [0.05, 0.1) is 24.8 Å². The van der Waals surface area contributed by atoms with E-state index in [-0.39, 0.29) is 5.97 Å². The van der Waals surface area contributed by atoms with Crippen molar-refractivity contribution < 1.29 is 9.53 Å². The zero-order valence-electron chi connectivity index (χ0n) is 11.1. The molecule has 4 heteroatoms. The molecule has 0 heterocycles. The first kappa shape index (κ1) is 13.6. The van der Waals surface area contributed by atoms with Gasteiger partial charge in [-0.2, -0.15) is 5.26 Å². The molecular weight excluding hydrogens is 240 g/mol. The summed E-state index contributed by atoms with van der Waals surface area (Å²) < 4.78 is 5.00. The third-order valence-electron chi connectivity index (χ3n) is 3.17. The molecule has 0 unspecified atom stereocenters. The van der Waals surface area contributed by atoms with Gasteiger partial charge in [0, 0.05) is 12.6 Å². The van der Waals surface area contributed by atoms with E-state index in [0.717, 1.165) is 24.9 Å². The summed E-state index contributed by atoms with van der Waals surface area (Å²) >= 11 is 0. The minimum Gasteiger partial charge on any atom is -0.465 e. The number of nitrogens with zero attached hydrogens (tertiary/aromatic N) is 2. The molecule has 0 aliphatic heterocycles. The molecule has 0 aromatic heterocycles. The van der Waals surface area contributed by atoms with Crippen LogP contribution in [0.4, 0.5) is 0 Å². The number of esters is 1. The molecule has 1 saturated carbocycles. The zero-order valence-corrected chi connectivity index (χ0v) is 11.1. The van der Waals surface area contributed by atoms with E-state index in [1.807, 2.05) is 31.2 Å². The van der Waals surface area contributed by atoms with E-state index in [1.54, 1.807) is 0 Å². The summed E-state index contributed by atoms with van der Waals surface area (Å²) in [6.45, 7) is 3.32. The maximum Gasteiger partial charge on any atom is 0.320 e. The van der Waals surface area contributed by atoms with Gasteiger partial charge in [0.15, 0.2) is 0 Å². The number of rotatable bonds is 6. The van der Waals surface area contributed by atoms with Crippen molar-refractivity contribution in [3.63, 3.8) is 0 Å². The number of ether oxygens (including phenoxy) is 1. The van der Waals surface area contributed by atoms with Crippen LogP contribution in [-0.2, 0) is 16.1 Å². The van der Waals surface area contributed by atoms with Crippen molar-refractivity contribution in [2.75, 3.05) is 13.2 Å². The highest BCUT2D eigenvalue weighted by Gasteiger charge is 2.30. The molecular formula is C15H18N2O2. The summed E-state index contributed by atoms with van der Waals surface area (Å²) in [5.74, 6) is -0.164. The summed E-state index contributed by atoms with van der Waals surface area (Å²) in [6.07, 6.45) is 2.30. The highest BCUT2D eigenvalue weighted by molar-refractivity contribution is 5.71. The molecule has 19 heavy (non-hydrogen) atoms. The summed E-state index contributed by atoms with van der Waals surface area (Å²) in [6, 6.07) is 10.1. The van der Waals surface area contributed by atoms with Crippen LogP contribution < -0.4 is 0 Å². The van der Waals surface area contributed by atoms with E-state index in [9.17, 15) is 4.79 Å². The van der Waals surface area contributed by atoms with Gasteiger partial charge in [0.25, 0.3) is 0 Å². The maximum absolute atomic E-state index is 11.6. The van der Waals surface area contributed by atoms with Crippen LogP contribution in [0.1, 0.15) is 30.9 Å². The summed E-state index contributed by atoms with van der Waals surface area (Å²) in [4.78, 5) is 13.7. The molecule has 1 aliphatic carbocycles. The Morgan fingerprint density at radius 1 is 1.42 bits per heavy atom. The van der Waals surface area contributed by atoms with Gasteiger partial charge < -0.3 is 4.74 Å². The standard InChI is InChI=1S/C15H18N2O2/c1-2-19-15(18)11-17(14-7-8-14)10-13-5-3-12(9-16)4-6-13/h3-6,14H,2,7-8,10-11H2,1H3. The Morgan fingerprint density at radius 2 is 2.11 bits per heavy atom. The Bertz CT molecular complexity index is 472. The largest absolute Gasteiger partial charge is 0.465 e. The summed E-state index contributed by atoms with van der Waals surface area (Å²) in [5.41, 5.74) is 1.78. The van der Waals surface area contributed by atoms with Crippen LogP contribution >= 0.6 is 0 Å². The van der Waals surface area contributed by atoms with E-state index in [2.05, 4.69) is 11.0 Å². The number of hydrogen-bond acceptors (Lipinski definition) is 4. The summed E-state index contributed by atoms with van der Waals surface area (Å²) in [5, 5.41) is 8.77. The van der Waals surface area contributed by atoms with E-state index >= 15 is 0 Å². The van der Waals surface area contributed by atoms with Crippen molar-refractivity contribution in [2.24, 2.45) is 0 Å². The number of carbonyl (C=O) groups excluding carboxylic acids is 1. The lowest BCUT2D eigenvalue weighted by atomic mass is 10.1. The van der Waals surface area contributed by atoms with Gasteiger partial charge >= 0.3 is 5.97 Å². The predicted molar refractivity (Wildman–Crippen MR) is 71.2 cm³/mol. The molecule has 100 valence electrons. The monoisotopic (exact) mass is 258 g/mol. The average Bonchev–Trinajstić information content (AvgIpc) is 3.23. The number of benzene rings is 1. The van der Waals surface area contributed by atoms with Gasteiger partial charge in [0.1, 0.15) is 0 Å². The minimum atomic E-state index is -0.164. The predicted octanol–water partition coefficient (Wildman–Crippen LogP) is 2.09. The minimum absolute atomic E-state index is 0.164. The van der Waals surface area contributed by atoms with Gasteiger partial charge in [-0.3, -0.25) is 9.69 Å². The molecule has 1 fully saturated rings. The van der Waals surface area contributed by atoms with E-state index in [4.69, 9.17) is 10.00 Å². The Hall–Kier alpha value is -1.86. The first-order valence-corrected chi connectivity index (χ1v) is 6.61. The first-order valence-electron chi connectivity index (χ1n) is 6.61. The Labute approximate surface area is 113 Å². The second-order valence-electron chi connectivity index (χ2n) is 4.75. The third-order valence-corrected chi connectivity index (χ3v) is 3.17. The average molecular weight is 258 g/mol. The van der Waals surface area contributed by atoms with Crippen molar-refractivity contribution in [2.45, 2.75) is 32.4 Å². The first-order chi connectivity index (χ1) is 9.22. The number of nitriles is 1. The molecule has 1 aromatic carbocycles. The van der Waals surface area contributed by atoms with Crippen LogP contribution in [0.25, 0.3) is 0 Å². The Kier molecular flexibility index (Phi) is 4.53. The normalized spacial score (nSPS) is 14.2. The van der Waals surface area contributed by atoms with Crippen molar-refractivity contribution >= 4 is 5.97 Å². The molecule has 0 radical (unpaired) electrons. The Morgan fingerprint density at radius 3 is 2.63 bits per heavy atom. The van der Waals surface area contributed by atoms with Crippen LogP contribution in [0.5, 0.6) is 0 Å². The van der Waals surface area contributed by atoms with Gasteiger partial charge in [0.2, 0.25) is 0 Å². The molecule has 0 amide bonds. The lowest BCUT2D eigenvalue weighted by Crippen LogP contribution is -2.32. The van der Waals surface area contributed by atoms with E-state index in [1.165, 1.54) is 0 Å². The molecule has 0 spiro atoms. The van der Waals surface area contributed by atoms with Crippen molar-refractivity contribution in [1.29, 1.82) is 5.26 Å². The van der Waals surface area contributed by atoms with Crippen molar-refractivity contribution in [1.82, 2.24) is 4.90 Å². The van der Waals surface area contributed by atoms with E-state index in [0.29, 0.717) is 24.8 Å². The zero-order chi connectivity index (χ0) is 13.7. The molecule has 4 nitrogen and oxygen atoms in total. The van der Waals surface area contributed by atoms with Crippen molar-refractivity contribution in [3.8, 4) is 6.07 Å². The fraction of sp³-hybridized carbons (Fsp3) is 0.467. The van der Waals surface area contributed by atoms with E-state index < -0.39 is 0 Å². The fourth-order valence-corrected chi connectivity index (χ4v) is 2.05. The molecule has 0 N–H and O–H groups in total. The molecule has 0 bridgehead atoms. The second-order valence-corrected chi connectivity index (χ2v) is 4.75. The molecule has 1 aliphatic rings. The molecule has 0 saturated heterocycles. The second kappa shape index (κ2) is 6.35. The SMILES string of the molecule is CCOC(=O)CN(Cc1ccc(C#N)cc1)C1CC1. The lowest BCUT2D eigenvalue weighted by molar-refractivity contribution is -0.144. The Balaban J connectivity index is 1.96. The van der Waals surface area contributed by atoms with Crippen molar-refractivity contribution in [3.05, 3.63) is 35.4 Å². The topological polar surface area (TPSA) is 53.3 Å². The lowest BCUT2D eigenvalue weighted by Gasteiger charge is -2.20. The maximum atomic E-state index is 11.6. The fourth-order valence-electron chi connectivity index (χ4n) is 2.05. The third kappa shape index (κ3) is 4.08. The molecule has 1 aromatic rings. The molecule has 0 atom stereocenters. The van der Waals surface area contributed by atoms with Crippen LogP contribution in [0.15, 0.2) is 24.3 Å².